The molecule has 1 fully saturated rings. The lowest BCUT2D eigenvalue weighted by atomic mass is 9.99. The van der Waals surface area contributed by atoms with Crippen molar-refractivity contribution in [3.05, 3.63) is 72.3 Å². The first-order chi connectivity index (χ1) is 15.2. The van der Waals surface area contributed by atoms with Crippen LogP contribution in [0.15, 0.2) is 61.2 Å². The number of aliphatic hydroxyl groups excluding tert-OH is 1. The van der Waals surface area contributed by atoms with Crippen molar-refractivity contribution in [1.29, 1.82) is 0 Å². The molecule has 1 aliphatic rings. The van der Waals surface area contributed by atoms with Crippen molar-refractivity contribution >= 4 is 23.2 Å². The van der Waals surface area contributed by atoms with Gasteiger partial charge in [0.1, 0.15) is 18.0 Å². The molecule has 1 aliphatic heterocycles. The molecule has 0 spiro atoms. The second-order valence-electron chi connectivity index (χ2n) is 7.64. The van der Waals surface area contributed by atoms with Crippen LogP contribution in [0.1, 0.15) is 28.8 Å². The van der Waals surface area contributed by atoms with E-state index in [0.717, 1.165) is 48.8 Å². The molecule has 1 aromatic carbocycles. The molecule has 1 saturated heterocycles. The smallest absolute Gasteiger partial charge is 0.257 e. The summed E-state index contributed by atoms with van der Waals surface area (Å²) in [6, 6.07) is 13.1. The van der Waals surface area contributed by atoms with E-state index < -0.39 is 0 Å². The maximum Gasteiger partial charge on any atom is 0.257 e. The van der Waals surface area contributed by atoms with Gasteiger partial charge in [-0.25, -0.2) is 9.97 Å². The standard InChI is InChI=1S/C23H26N6O2/c30-15-18-3-2-10-29(14-18)22-11-21(26-16-27-22)25-12-17-5-7-20(8-6-17)28-23(31)19-4-1-9-24-13-19/h1,4-9,11,13,16,18,30H,2-3,10,12,14-15H2,(H,28,31)(H,25,26,27). The monoisotopic (exact) mass is 418 g/mol. The van der Waals surface area contributed by atoms with Gasteiger partial charge in [-0.1, -0.05) is 12.1 Å². The lowest BCUT2D eigenvalue weighted by Gasteiger charge is -2.32. The van der Waals surface area contributed by atoms with Crippen LogP contribution in [0.3, 0.4) is 0 Å². The molecular weight excluding hydrogens is 392 g/mol. The molecule has 1 unspecified atom stereocenters. The van der Waals surface area contributed by atoms with Crippen LogP contribution in [0.4, 0.5) is 17.3 Å². The molecule has 160 valence electrons. The number of carbonyl (C=O) groups excluding carboxylic acids is 1. The van der Waals surface area contributed by atoms with E-state index in [4.69, 9.17) is 0 Å². The average molecular weight is 419 g/mol. The Hall–Kier alpha value is -3.52. The van der Waals surface area contributed by atoms with Crippen LogP contribution in [0.2, 0.25) is 0 Å². The van der Waals surface area contributed by atoms with Crippen molar-refractivity contribution in [3.63, 3.8) is 0 Å². The Bertz CT molecular complexity index is 996. The maximum absolute atomic E-state index is 12.2. The number of hydrogen-bond donors (Lipinski definition) is 3. The van der Waals surface area contributed by atoms with Gasteiger partial charge in [0.15, 0.2) is 0 Å². The first kappa shape index (κ1) is 20.7. The molecule has 3 heterocycles. The quantitative estimate of drug-likeness (QED) is 0.542. The molecule has 8 nitrogen and oxygen atoms in total. The Kier molecular flexibility index (Phi) is 6.68. The van der Waals surface area contributed by atoms with Crippen LogP contribution in [0, 0.1) is 5.92 Å². The number of anilines is 3. The zero-order chi connectivity index (χ0) is 21.5. The topological polar surface area (TPSA) is 103 Å². The summed E-state index contributed by atoms with van der Waals surface area (Å²) < 4.78 is 0. The van der Waals surface area contributed by atoms with E-state index in [1.54, 1.807) is 24.7 Å². The lowest BCUT2D eigenvalue weighted by Crippen LogP contribution is -2.37. The number of nitrogens with zero attached hydrogens (tertiary/aromatic N) is 4. The zero-order valence-corrected chi connectivity index (χ0v) is 17.2. The Balaban J connectivity index is 1.33. The second kappa shape index (κ2) is 9.99. The molecule has 0 radical (unpaired) electrons. The highest BCUT2D eigenvalue weighted by Crippen LogP contribution is 2.22. The number of pyridine rings is 1. The molecule has 2 aromatic heterocycles. The maximum atomic E-state index is 12.2. The predicted molar refractivity (Wildman–Crippen MR) is 120 cm³/mol. The van der Waals surface area contributed by atoms with Gasteiger partial charge < -0.3 is 20.6 Å². The van der Waals surface area contributed by atoms with Gasteiger partial charge in [0, 0.05) is 50.4 Å². The zero-order valence-electron chi connectivity index (χ0n) is 17.2. The van der Waals surface area contributed by atoms with Crippen molar-refractivity contribution in [2.75, 3.05) is 35.2 Å². The summed E-state index contributed by atoms with van der Waals surface area (Å²) in [5.41, 5.74) is 2.31. The fraction of sp³-hybridized carbons (Fsp3) is 0.304. The second-order valence-corrected chi connectivity index (χ2v) is 7.64. The van der Waals surface area contributed by atoms with Gasteiger partial charge in [-0.05, 0) is 48.6 Å². The molecule has 3 aromatic rings. The van der Waals surface area contributed by atoms with Crippen molar-refractivity contribution in [2.24, 2.45) is 5.92 Å². The van der Waals surface area contributed by atoms with Crippen LogP contribution < -0.4 is 15.5 Å². The molecule has 1 atom stereocenters. The van der Waals surface area contributed by atoms with Crippen LogP contribution in [-0.4, -0.2) is 45.7 Å². The van der Waals surface area contributed by atoms with Gasteiger partial charge in [0.05, 0.1) is 5.56 Å². The number of amides is 1. The van der Waals surface area contributed by atoms with Crippen molar-refractivity contribution in [2.45, 2.75) is 19.4 Å². The van der Waals surface area contributed by atoms with Crippen molar-refractivity contribution in [3.8, 4) is 0 Å². The average Bonchev–Trinajstić information content (AvgIpc) is 2.84. The number of benzene rings is 1. The molecule has 8 heteroatoms. The van der Waals surface area contributed by atoms with Gasteiger partial charge >= 0.3 is 0 Å². The Morgan fingerprint density at radius 1 is 1.19 bits per heavy atom. The molecule has 3 N–H and O–H groups in total. The number of piperidine rings is 1. The molecular formula is C23H26N6O2. The van der Waals surface area contributed by atoms with Gasteiger partial charge in [-0.2, -0.15) is 0 Å². The molecule has 4 rings (SSSR count). The van der Waals surface area contributed by atoms with Gasteiger partial charge in [-0.15, -0.1) is 0 Å². The third-order valence-electron chi connectivity index (χ3n) is 5.36. The normalized spacial score (nSPS) is 16.0. The first-order valence-corrected chi connectivity index (χ1v) is 10.4. The summed E-state index contributed by atoms with van der Waals surface area (Å²) in [5, 5.41) is 15.6. The van der Waals surface area contributed by atoms with Gasteiger partial charge in [-0.3, -0.25) is 9.78 Å². The van der Waals surface area contributed by atoms with E-state index in [1.165, 1.54) is 6.20 Å². The van der Waals surface area contributed by atoms with Crippen LogP contribution in [-0.2, 0) is 6.54 Å². The predicted octanol–water partition coefficient (Wildman–Crippen LogP) is 2.94. The minimum absolute atomic E-state index is 0.186. The van der Waals surface area contributed by atoms with E-state index in [-0.39, 0.29) is 12.5 Å². The van der Waals surface area contributed by atoms with E-state index >= 15 is 0 Å². The Morgan fingerprint density at radius 3 is 2.84 bits per heavy atom. The number of rotatable bonds is 7. The van der Waals surface area contributed by atoms with Gasteiger partial charge in [0.2, 0.25) is 0 Å². The van der Waals surface area contributed by atoms with Crippen molar-refractivity contribution < 1.29 is 9.90 Å². The molecule has 1 amide bonds. The lowest BCUT2D eigenvalue weighted by molar-refractivity contribution is 0.102. The van der Waals surface area contributed by atoms with E-state index in [1.807, 2.05) is 30.3 Å². The van der Waals surface area contributed by atoms with E-state index in [2.05, 4.69) is 30.5 Å². The first-order valence-electron chi connectivity index (χ1n) is 10.4. The highest BCUT2D eigenvalue weighted by molar-refractivity contribution is 6.03. The third kappa shape index (κ3) is 5.55. The van der Waals surface area contributed by atoms with Gasteiger partial charge in [0.25, 0.3) is 5.91 Å². The number of carbonyl (C=O) groups is 1. The summed E-state index contributed by atoms with van der Waals surface area (Å²) in [7, 11) is 0. The largest absolute Gasteiger partial charge is 0.396 e. The Morgan fingerprint density at radius 2 is 2.06 bits per heavy atom. The molecule has 0 aliphatic carbocycles. The van der Waals surface area contributed by atoms with E-state index in [0.29, 0.717) is 18.0 Å². The molecule has 0 bridgehead atoms. The number of nitrogens with one attached hydrogen (secondary N) is 2. The summed E-state index contributed by atoms with van der Waals surface area (Å²) in [5.74, 6) is 1.75. The minimum Gasteiger partial charge on any atom is -0.396 e. The fourth-order valence-corrected chi connectivity index (χ4v) is 3.64. The number of hydrogen-bond acceptors (Lipinski definition) is 7. The van der Waals surface area contributed by atoms with Crippen LogP contribution in [0.25, 0.3) is 0 Å². The summed E-state index contributed by atoms with van der Waals surface area (Å²) in [6.07, 6.45) is 6.86. The van der Waals surface area contributed by atoms with Crippen LogP contribution in [0.5, 0.6) is 0 Å². The number of aromatic nitrogens is 3. The minimum atomic E-state index is -0.186. The summed E-state index contributed by atoms with van der Waals surface area (Å²) in [6.45, 7) is 2.58. The molecule has 31 heavy (non-hydrogen) atoms. The highest BCUT2D eigenvalue weighted by atomic mass is 16.3. The SMILES string of the molecule is O=C(Nc1ccc(CNc2cc(N3CCCC(CO)C3)ncn2)cc1)c1cccnc1. The Labute approximate surface area is 181 Å². The summed E-state index contributed by atoms with van der Waals surface area (Å²) in [4.78, 5) is 27.1. The van der Waals surface area contributed by atoms with Crippen LogP contribution >= 0.6 is 0 Å². The van der Waals surface area contributed by atoms with E-state index in [9.17, 15) is 9.90 Å². The molecule has 0 saturated carbocycles. The number of aliphatic hydroxyl groups is 1. The fourth-order valence-electron chi connectivity index (χ4n) is 3.64. The summed E-state index contributed by atoms with van der Waals surface area (Å²) >= 11 is 0. The third-order valence-corrected chi connectivity index (χ3v) is 5.36. The van der Waals surface area contributed by atoms with Crippen molar-refractivity contribution in [1.82, 2.24) is 15.0 Å². The highest BCUT2D eigenvalue weighted by Gasteiger charge is 2.20.